The van der Waals surface area contributed by atoms with E-state index in [0.29, 0.717) is 18.7 Å². The first-order valence-electron chi connectivity index (χ1n) is 7.33. The maximum absolute atomic E-state index is 12.6. The summed E-state index contributed by atoms with van der Waals surface area (Å²) < 4.78 is 43.1. The maximum atomic E-state index is 12.6. The third-order valence-electron chi connectivity index (χ3n) is 4.36. The van der Waals surface area contributed by atoms with Crippen LogP contribution < -0.4 is 4.90 Å². The summed E-state index contributed by atoms with van der Waals surface area (Å²) in [7, 11) is 0. The molecule has 0 aromatic carbocycles. The third kappa shape index (κ3) is 2.89. The molecule has 2 bridgehead atoms. The molecule has 0 spiro atoms. The minimum atomic E-state index is -4.37. The highest BCUT2D eigenvalue weighted by atomic mass is 19.4. The van der Waals surface area contributed by atoms with Gasteiger partial charge in [0.05, 0.1) is 5.56 Å². The van der Waals surface area contributed by atoms with Gasteiger partial charge in [0, 0.05) is 38.0 Å². The Bertz CT molecular complexity index is 545. The molecule has 22 heavy (non-hydrogen) atoms. The van der Waals surface area contributed by atoms with E-state index in [4.69, 9.17) is 4.74 Å². The van der Waals surface area contributed by atoms with Crippen molar-refractivity contribution in [1.29, 1.82) is 0 Å². The van der Waals surface area contributed by atoms with Crippen molar-refractivity contribution in [3.63, 3.8) is 0 Å². The van der Waals surface area contributed by atoms with Crippen molar-refractivity contribution in [3.05, 3.63) is 23.9 Å². The van der Waals surface area contributed by atoms with Gasteiger partial charge in [-0.05, 0) is 25.0 Å². The summed E-state index contributed by atoms with van der Waals surface area (Å²) in [4.78, 5) is 17.2. The van der Waals surface area contributed by atoms with Crippen LogP contribution in [0.5, 0.6) is 0 Å². The van der Waals surface area contributed by atoms with Gasteiger partial charge in [-0.1, -0.05) is 0 Å². The first-order chi connectivity index (χ1) is 10.3. The smallest absolute Gasteiger partial charge is 0.417 e. The molecule has 0 aliphatic carbocycles. The molecule has 0 saturated carbocycles. The Labute approximate surface area is 126 Å². The number of carbonyl (C=O) groups is 1. The minimum absolute atomic E-state index is 0.0966. The number of piperidine rings is 1. The second-order valence-corrected chi connectivity index (χ2v) is 5.90. The van der Waals surface area contributed by atoms with E-state index in [1.807, 2.05) is 0 Å². The summed E-state index contributed by atoms with van der Waals surface area (Å²) in [5.41, 5.74) is -0.738. The van der Waals surface area contributed by atoms with E-state index >= 15 is 0 Å². The summed E-state index contributed by atoms with van der Waals surface area (Å²) in [6, 6.07) is 2.85. The summed E-state index contributed by atoms with van der Waals surface area (Å²) in [5.74, 6) is 0.285. The third-order valence-corrected chi connectivity index (χ3v) is 4.36. The molecule has 1 aromatic rings. The molecule has 3 atom stereocenters. The van der Waals surface area contributed by atoms with Gasteiger partial charge >= 0.3 is 12.1 Å². The molecule has 1 aromatic heterocycles. The summed E-state index contributed by atoms with van der Waals surface area (Å²) in [6.07, 6.45) is -0.270. The Balaban J connectivity index is 1.75. The number of nitrogens with zero attached hydrogens (tertiary/aromatic N) is 2. The van der Waals surface area contributed by atoms with E-state index < -0.39 is 11.7 Å². The zero-order valence-corrected chi connectivity index (χ0v) is 12.1. The molecule has 3 rings (SSSR count). The van der Waals surface area contributed by atoms with E-state index in [0.717, 1.165) is 25.1 Å². The van der Waals surface area contributed by atoms with Crippen molar-refractivity contribution in [3.8, 4) is 0 Å². The van der Waals surface area contributed by atoms with Crippen LogP contribution in [0.25, 0.3) is 0 Å². The lowest BCUT2D eigenvalue weighted by molar-refractivity contribution is -0.147. The van der Waals surface area contributed by atoms with Crippen LogP contribution in [0.15, 0.2) is 18.3 Å². The molecule has 120 valence electrons. The molecule has 3 heterocycles. The van der Waals surface area contributed by atoms with Gasteiger partial charge < -0.3 is 9.64 Å². The van der Waals surface area contributed by atoms with Crippen molar-refractivity contribution in [2.75, 3.05) is 4.90 Å². The van der Waals surface area contributed by atoms with Crippen molar-refractivity contribution in [2.45, 2.75) is 57.0 Å². The van der Waals surface area contributed by atoms with Crippen molar-refractivity contribution >= 4 is 11.8 Å². The quantitative estimate of drug-likeness (QED) is 0.787. The number of esters is 1. The zero-order chi connectivity index (χ0) is 15.9. The van der Waals surface area contributed by atoms with Gasteiger partial charge in [-0.3, -0.25) is 4.79 Å². The number of pyridine rings is 1. The molecule has 4 nitrogen and oxygen atoms in total. The van der Waals surface area contributed by atoms with E-state index in [1.54, 1.807) is 0 Å². The molecule has 2 unspecified atom stereocenters. The average Bonchev–Trinajstić information content (AvgIpc) is 2.69. The summed E-state index contributed by atoms with van der Waals surface area (Å²) in [6.45, 7) is 1.39. The largest absolute Gasteiger partial charge is 0.462 e. The van der Waals surface area contributed by atoms with Gasteiger partial charge in [0.15, 0.2) is 0 Å². The highest BCUT2D eigenvalue weighted by Crippen LogP contribution is 2.40. The van der Waals surface area contributed by atoms with Crippen molar-refractivity contribution < 1.29 is 22.7 Å². The van der Waals surface area contributed by atoms with Crippen LogP contribution in [0.4, 0.5) is 19.0 Å². The van der Waals surface area contributed by atoms with E-state index in [1.165, 1.54) is 13.0 Å². The first-order valence-corrected chi connectivity index (χ1v) is 7.33. The van der Waals surface area contributed by atoms with Gasteiger partial charge in [-0.25, -0.2) is 4.98 Å². The lowest BCUT2D eigenvalue weighted by Gasteiger charge is -2.39. The summed E-state index contributed by atoms with van der Waals surface area (Å²) in [5, 5.41) is 0. The Morgan fingerprint density at radius 3 is 2.36 bits per heavy atom. The molecule has 2 saturated heterocycles. The SMILES string of the molecule is CC(=O)OC1CC2CC[C@@H](C1)N2c1ccc(C(F)(F)F)cn1. The number of carbonyl (C=O) groups excluding carboxylic acids is 1. The van der Waals surface area contributed by atoms with Crippen LogP contribution in [0, 0.1) is 0 Å². The number of hydrogen-bond donors (Lipinski definition) is 0. The number of aromatic nitrogens is 1. The lowest BCUT2D eigenvalue weighted by atomic mass is 9.99. The van der Waals surface area contributed by atoms with Crippen LogP contribution in [-0.4, -0.2) is 29.1 Å². The van der Waals surface area contributed by atoms with Crippen LogP contribution >= 0.6 is 0 Å². The highest BCUT2D eigenvalue weighted by molar-refractivity contribution is 5.66. The Kier molecular flexibility index (Phi) is 3.74. The molecule has 2 aliphatic heterocycles. The monoisotopic (exact) mass is 314 g/mol. The number of halogens is 3. The standard InChI is InChI=1S/C15H17F3N2O2/c1-9(21)22-13-6-11-3-4-12(7-13)20(11)14-5-2-10(8-19-14)15(16,17)18/h2,5,8,11-13H,3-4,6-7H2,1H3/t11-,12?,13?/m0/s1. The van der Waals surface area contributed by atoms with Gasteiger partial charge in [0.2, 0.25) is 0 Å². The molecule has 0 amide bonds. The van der Waals surface area contributed by atoms with Gasteiger partial charge in [0.25, 0.3) is 0 Å². The normalized spacial score (nSPS) is 27.8. The number of hydrogen-bond acceptors (Lipinski definition) is 4. The fraction of sp³-hybridized carbons (Fsp3) is 0.600. The second kappa shape index (κ2) is 5.44. The van der Waals surface area contributed by atoms with E-state index in [2.05, 4.69) is 9.88 Å². The molecule has 0 radical (unpaired) electrons. The Morgan fingerprint density at radius 2 is 1.91 bits per heavy atom. The van der Waals surface area contributed by atoms with Gasteiger partial charge in [-0.2, -0.15) is 13.2 Å². The van der Waals surface area contributed by atoms with Gasteiger partial charge in [0.1, 0.15) is 11.9 Å². The number of fused-ring (bicyclic) bond motifs is 2. The Morgan fingerprint density at radius 1 is 1.27 bits per heavy atom. The van der Waals surface area contributed by atoms with E-state index in [-0.39, 0.29) is 24.2 Å². The average molecular weight is 314 g/mol. The van der Waals surface area contributed by atoms with Crippen molar-refractivity contribution in [1.82, 2.24) is 4.98 Å². The zero-order valence-electron chi connectivity index (χ0n) is 12.1. The second-order valence-electron chi connectivity index (χ2n) is 5.90. The van der Waals surface area contributed by atoms with Crippen LogP contribution in [-0.2, 0) is 15.7 Å². The topological polar surface area (TPSA) is 42.4 Å². The fourth-order valence-corrected chi connectivity index (χ4v) is 3.54. The predicted octanol–water partition coefficient (Wildman–Crippen LogP) is 3.16. The molecular weight excluding hydrogens is 297 g/mol. The molecule has 7 heteroatoms. The maximum Gasteiger partial charge on any atom is 0.417 e. The van der Waals surface area contributed by atoms with E-state index in [9.17, 15) is 18.0 Å². The van der Waals surface area contributed by atoms with Gasteiger partial charge in [-0.15, -0.1) is 0 Å². The van der Waals surface area contributed by atoms with Crippen molar-refractivity contribution in [2.24, 2.45) is 0 Å². The number of ether oxygens (including phenoxy) is 1. The number of anilines is 1. The lowest BCUT2D eigenvalue weighted by Crippen LogP contribution is -2.46. The molecule has 2 aliphatic rings. The summed E-state index contributed by atoms with van der Waals surface area (Å²) >= 11 is 0. The van der Waals surface area contributed by atoms with Crippen LogP contribution in [0.3, 0.4) is 0 Å². The number of alkyl halides is 3. The molecular formula is C15H17F3N2O2. The first kappa shape index (κ1) is 15.1. The highest BCUT2D eigenvalue weighted by Gasteiger charge is 2.42. The molecule has 2 fully saturated rings. The predicted molar refractivity (Wildman–Crippen MR) is 73.3 cm³/mol. The van der Waals surface area contributed by atoms with Crippen LogP contribution in [0.2, 0.25) is 0 Å². The minimum Gasteiger partial charge on any atom is -0.462 e. The molecule has 0 N–H and O–H groups in total. The fourth-order valence-electron chi connectivity index (χ4n) is 3.54. The van der Waals surface area contributed by atoms with Crippen LogP contribution in [0.1, 0.15) is 38.2 Å². The number of rotatable bonds is 2. The Hall–Kier alpha value is -1.79.